The predicted molar refractivity (Wildman–Crippen MR) is 120 cm³/mol. The third kappa shape index (κ3) is 35.2. The first kappa shape index (κ1) is 36.0. The molecule has 0 saturated carbocycles. The van der Waals surface area contributed by atoms with Gasteiger partial charge >= 0.3 is 31.2 Å². The summed E-state index contributed by atoms with van der Waals surface area (Å²) < 4.78 is 94.8. The number of hydrogen-bond donors (Lipinski definition) is 10. The molecule has 33 heavy (non-hydrogen) atoms. The van der Waals surface area contributed by atoms with Crippen LogP contribution in [-0.2, 0) is 31.2 Å². The van der Waals surface area contributed by atoms with Gasteiger partial charge in [-0.3, -0.25) is 27.3 Å². The van der Waals surface area contributed by atoms with Crippen molar-refractivity contribution < 1.29 is 52.6 Å². The van der Waals surface area contributed by atoms with Crippen molar-refractivity contribution in [2.24, 2.45) is 22.9 Å². The Morgan fingerprint density at radius 3 is 0.848 bits per heavy atom. The molecule has 0 heterocycles. The lowest BCUT2D eigenvalue weighted by Crippen LogP contribution is -2.51. The highest BCUT2D eigenvalue weighted by molar-refractivity contribution is 7.80. The van der Waals surface area contributed by atoms with E-state index in [2.05, 4.69) is 0 Å². The molecule has 2 rings (SSSR count). The van der Waals surface area contributed by atoms with E-state index in [-0.39, 0.29) is 23.2 Å². The average molecular weight is 543 g/mol. The van der Waals surface area contributed by atoms with Gasteiger partial charge in [-0.25, -0.2) is 0 Å². The van der Waals surface area contributed by atoms with Crippen molar-refractivity contribution in [2.45, 2.75) is 37.0 Å². The molecule has 2 aliphatic carbocycles. The van der Waals surface area contributed by atoms with Crippen molar-refractivity contribution in [3.05, 3.63) is 48.6 Å². The predicted octanol–water partition coefficient (Wildman–Crippen LogP) is -1.64. The second kappa shape index (κ2) is 14.6. The second-order valence-electron chi connectivity index (χ2n) is 6.62. The Hall–Kier alpha value is -1.59. The van der Waals surface area contributed by atoms with Crippen LogP contribution in [0.25, 0.3) is 0 Å². The second-order valence-corrected chi connectivity index (χ2v) is 9.30. The fourth-order valence-electron chi connectivity index (χ4n) is 1.53. The molecule has 19 heteroatoms. The molecule has 0 aromatic heterocycles. The summed E-state index contributed by atoms with van der Waals surface area (Å²) in [4.78, 5) is 0. The van der Waals surface area contributed by atoms with Gasteiger partial charge in [-0.1, -0.05) is 48.6 Å². The molecular weight excluding hydrogens is 512 g/mol. The van der Waals surface area contributed by atoms with Gasteiger partial charge in [0.15, 0.2) is 0 Å². The minimum absolute atomic E-state index is 0.0394. The van der Waals surface area contributed by atoms with Gasteiger partial charge < -0.3 is 22.9 Å². The summed E-state index contributed by atoms with van der Waals surface area (Å²) in [6.45, 7) is 3.83. The fraction of sp³-hybridized carbons (Fsp3) is 0.429. The molecule has 0 aliphatic heterocycles. The summed E-state index contributed by atoms with van der Waals surface area (Å²) in [6, 6.07) is -0.0787. The zero-order valence-corrected chi connectivity index (χ0v) is 19.9. The minimum Gasteiger partial charge on any atom is -0.323 e. The summed E-state index contributed by atoms with van der Waals surface area (Å²) in [6.07, 6.45) is 15.3. The maximum absolute atomic E-state index is 8.74. The van der Waals surface area contributed by atoms with Crippen LogP contribution >= 0.6 is 0 Å². The van der Waals surface area contributed by atoms with Crippen molar-refractivity contribution in [1.29, 1.82) is 0 Å². The Morgan fingerprint density at radius 2 is 0.758 bits per heavy atom. The van der Waals surface area contributed by atoms with Crippen molar-refractivity contribution in [2.75, 3.05) is 0 Å². The van der Waals surface area contributed by atoms with Crippen molar-refractivity contribution in [3.8, 4) is 0 Å². The molecular formula is C14H30N4O12S3. The highest BCUT2D eigenvalue weighted by atomic mass is 32.3. The molecule has 0 aromatic carbocycles. The Kier molecular flexibility index (Phi) is 15.9. The molecule has 4 atom stereocenters. The van der Waals surface area contributed by atoms with E-state index >= 15 is 0 Å². The summed E-state index contributed by atoms with van der Waals surface area (Å²) in [7, 11) is -14.0. The third-order valence-electron chi connectivity index (χ3n) is 3.21. The van der Waals surface area contributed by atoms with Crippen LogP contribution in [0.15, 0.2) is 48.6 Å². The average Bonchev–Trinajstić information content (AvgIpc) is 2.49. The van der Waals surface area contributed by atoms with Gasteiger partial charge in [0.25, 0.3) is 0 Å². The fourth-order valence-corrected chi connectivity index (χ4v) is 1.53. The van der Waals surface area contributed by atoms with E-state index in [0.717, 1.165) is 0 Å². The van der Waals surface area contributed by atoms with Gasteiger partial charge in [0, 0.05) is 12.1 Å². The number of rotatable bonds is 0. The zero-order valence-electron chi connectivity index (χ0n) is 17.4. The van der Waals surface area contributed by atoms with E-state index in [1.54, 1.807) is 0 Å². The summed E-state index contributed by atoms with van der Waals surface area (Å²) in [5.41, 5.74) is 22.1. The molecule has 4 unspecified atom stereocenters. The van der Waals surface area contributed by atoms with Crippen molar-refractivity contribution in [1.82, 2.24) is 0 Å². The van der Waals surface area contributed by atoms with E-state index in [1.807, 2.05) is 62.5 Å². The zero-order chi connectivity index (χ0) is 27.3. The van der Waals surface area contributed by atoms with E-state index in [4.69, 9.17) is 75.5 Å². The first-order valence-corrected chi connectivity index (χ1v) is 12.4. The number of hydrogen-bond acceptors (Lipinski definition) is 10. The Balaban J connectivity index is -0.000000354. The van der Waals surface area contributed by atoms with Crippen molar-refractivity contribution >= 4 is 31.2 Å². The van der Waals surface area contributed by atoms with Crippen LogP contribution in [0.4, 0.5) is 0 Å². The van der Waals surface area contributed by atoms with Gasteiger partial charge in [0.2, 0.25) is 0 Å². The highest BCUT2D eigenvalue weighted by Crippen LogP contribution is 2.12. The topological polar surface area (TPSA) is 328 Å². The molecule has 0 spiro atoms. The van der Waals surface area contributed by atoms with Gasteiger partial charge in [0.05, 0.1) is 11.1 Å². The molecule has 0 amide bonds. The summed E-state index contributed by atoms with van der Waals surface area (Å²) in [5, 5.41) is 0. The molecule has 0 bridgehead atoms. The van der Waals surface area contributed by atoms with Crippen molar-refractivity contribution in [3.63, 3.8) is 0 Å². The lowest BCUT2D eigenvalue weighted by atomic mass is 9.90. The Bertz CT molecular complexity index is 880. The molecule has 2 aliphatic rings. The normalized spacial score (nSPS) is 27.9. The van der Waals surface area contributed by atoms with Gasteiger partial charge in [-0.05, 0) is 13.8 Å². The van der Waals surface area contributed by atoms with E-state index in [1.165, 1.54) is 0 Å². The van der Waals surface area contributed by atoms with Gasteiger partial charge in [-0.2, -0.15) is 25.3 Å². The largest absolute Gasteiger partial charge is 0.394 e. The molecule has 0 fully saturated rings. The van der Waals surface area contributed by atoms with Crippen LogP contribution in [0.1, 0.15) is 13.8 Å². The monoisotopic (exact) mass is 542 g/mol. The van der Waals surface area contributed by atoms with Crippen LogP contribution < -0.4 is 22.9 Å². The summed E-state index contributed by atoms with van der Waals surface area (Å²) in [5.74, 6) is 0. The molecule has 14 N–H and O–H groups in total. The quantitative estimate of drug-likeness (QED) is 0.153. The first-order chi connectivity index (χ1) is 14.3. The van der Waals surface area contributed by atoms with Crippen LogP contribution in [0.2, 0.25) is 0 Å². The third-order valence-corrected chi connectivity index (χ3v) is 3.21. The molecule has 0 saturated heterocycles. The SMILES string of the molecule is CC1(N)C=CC=CC1N.CC1(N)C=CC=CC1N.O=S(=O)(O)O.O=S(=O)(O)O.O=S(=O)(O)O. The molecule has 16 nitrogen and oxygen atoms in total. The summed E-state index contributed by atoms with van der Waals surface area (Å²) >= 11 is 0. The van der Waals surface area contributed by atoms with E-state index in [0.29, 0.717) is 0 Å². The van der Waals surface area contributed by atoms with Crippen LogP contribution in [0.3, 0.4) is 0 Å². The molecule has 0 radical (unpaired) electrons. The lowest BCUT2D eigenvalue weighted by molar-refractivity contribution is 0.378. The molecule has 196 valence electrons. The smallest absolute Gasteiger partial charge is 0.323 e. The van der Waals surface area contributed by atoms with Crippen LogP contribution in [-0.4, -0.2) is 75.7 Å². The lowest BCUT2D eigenvalue weighted by Gasteiger charge is -2.27. The van der Waals surface area contributed by atoms with Crippen LogP contribution in [0.5, 0.6) is 0 Å². The van der Waals surface area contributed by atoms with Gasteiger partial charge in [-0.15, -0.1) is 0 Å². The van der Waals surface area contributed by atoms with E-state index in [9.17, 15) is 0 Å². The number of nitrogens with two attached hydrogens (primary N) is 4. The van der Waals surface area contributed by atoms with Crippen LogP contribution in [0, 0.1) is 0 Å². The minimum atomic E-state index is -4.67. The first-order valence-electron chi connectivity index (χ1n) is 8.16. The maximum atomic E-state index is 8.74. The standard InChI is InChI=1S/2C7H12N2.3H2O4S/c2*1-7(9)5-3-2-4-6(7)8;3*1-5(2,3)4/h2*2-6H,8-9H2,1H3;3*(H2,1,2,3,4). The highest BCUT2D eigenvalue weighted by Gasteiger charge is 2.23. The number of allylic oxidation sites excluding steroid dienone is 4. The maximum Gasteiger partial charge on any atom is 0.394 e. The molecule has 0 aromatic rings. The van der Waals surface area contributed by atoms with E-state index < -0.39 is 31.2 Å². The Labute approximate surface area is 192 Å². The Morgan fingerprint density at radius 1 is 0.576 bits per heavy atom. The van der Waals surface area contributed by atoms with Gasteiger partial charge in [0.1, 0.15) is 0 Å².